The summed E-state index contributed by atoms with van der Waals surface area (Å²) in [4.78, 5) is 24.1. The molecule has 3 rings (SSSR count). The van der Waals surface area contributed by atoms with Crippen LogP contribution in [0.25, 0.3) is 0 Å². The predicted molar refractivity (Wildman–Crippen MR) is 100 cm³/mol. The quantitative estimate of drug-likeness (QED) is 0.849. The summed E-state index contributed by atoms with van der Waals surface area (Å²) in [5.74, 6) is -0.00548. The first kappa shape index (κ1) is 17.5. The molecule has 25 heavy (non-hydrogen) atoms. The molecule has 0 aliphatic carbocycles. The number of amides is 1. The van der Waals surface area contributed by atoms with E-state index in [2.05, 4.69) is 30.7 Å². The van der Waals surface area contributed by atoms with E-state index in [9.17, 15) is 4.79 Å². The van der Waals surface area contributed by atoms with Gasteiger partial charge in [-0.2, -0.15) is 9.97 Å². The summed E-state index contributed by atoms with van der Waals surface area (Å²) < 4.78 is 5.18. The van der Waals surface area contributed by atoms with Crippen LogP contribution in [-0.4, -0.2) is 34.3 Å². The molecule has 132 valence electrons. The second kappa shape index (κ2) is 6.55. The highest BCUT2D eigenvalue weighted by molar-refractivity contribution is 8.00. The minimum Gasteiger partial charge on any atom is -0.467 e. The minimum absolute atomic E-state index is 0.145. The fraction of sp³-hybridized carbons (Fsp3) is 0.389. The van der Waals surface area contributed by atoms with Crippen LogP contribution in [0.5, 0.6) is 6.01 Å². The molecule has 0 saturated heterocycles. The zero-order valence-electron chi connectivity index (χ0n) is 14.9. The van der Waals surface area contributed by atoms with Crippen LogP contribution in [0.3, 0.4) is 0 Å². The molecule has 1 aliphatic rings. The second-order valence-corrected chi connectivity index (χ2v) is 8.73. The zero-order valence-corrected chi connectivity index (χ0v) is 15.7. The number of hydrogen-bond acceptors (Lipinski definition) is 6. The van der Waals surface area contributed by atoms with Gasteiger partial charge in [0.05, 0.1) is 12.8 Å². The molecule has 0 fully saturated rings. The molecule has 0 unspecified atom stereocenters. The van der Waals surface area contributed by atoms with Crippen LogP contribution in [0.2, 0.25) is 0 Å². The first-order valence-corrected chi connectivity index (χ1v) is 8.91. The number of thioether (sulfide) groups is 1. The van der Waals surface area contributed by atoms with Crippen LogP contribution in [0.4, 0.5) is 11.5 Å². The van der Waals surface area contributed by atoms with E-state index in [0.29, 0.717) is 24.2 Å². The number of fused-ring (bicyclic) bond motifs is 1. The number of nitrogen functional groups attached to an aromatic ring is 1. The van der Waals surface area contributed by atoms with Crippen molar-refractivity contribution in [1.82, 2.24) is 9.97 Å². The van der Waals surface area contributed by atoms with Gasteiger partial charge in [-0.05, 0) is 24.3 Å². The molecule has 2 aromatic rings. The summed E-state index contributed by atoms with van der Waals surface area (Å²) in [6, 6.07) is 8.22. The molecule has 0 saturated carbocycles. The number of benzene rings is 1. The lowest BCUT2D eigenvalue weighted by Crippen LogP contribution is -2.39. The molecule has 0 spiro atoms. The molecule has 1 aromatic carbocycles. The van der Waals surface area contributed by atoms with Gasteiger partial charge >= 0.3 is 6.01 Å². The van der Waals surface area contributed by atoms with Gasteiger partial charge in [0.2, 0.25) is 0 Å². The largest absolute Gasteiger partial charge is 0.467 e. The number of carbonyl (C=O) groups excluding carboxylic acids is 1. The summed E-state index contributed by atoms with van der Waals surface area (Å²) in [6.45, 7) is 7.08. The smallest absolute Gasteiger partial charge is 0.318 e. The molecule has 2 N–H and O–H groups in total. The number of aromatic nitrogens is 2. The number of ether oxygens (including phenoxy) is 1. The highest BCUT2D eigenvalue weighted by Gasteiger charge is 2.30. The van der Waals surface area contributed by atoms with Crippen LogP contribution >= 0.6 is 11.8 Å². The Morgan fingerprint density at radius 3 is 2.48 bits per heavy atom. The van der Waals surface area contributed by atoms with Crippen LogP contribution < -0.4 is 15.4 Å². The van der Waals surface area contributed by atoms with E-state index in [1.807, 2.05) is 24.3 Å². The summed E-state index contributed by atoms with van der Waals surface area (Å²) in [7, 11) is 1.48. The predicted octanol–water partition coefficient (Wildman–Crippen LogP) is 3.16. The SMILES string of the molecule is COc1nc(N)c2c(n1)CCN(c1ccc(SC(C)(C)C)cc1)C2=O. The summed E-state index contributed by atoms with van der Waals surface area (Å²) in [5, 5.41) is 0. The number of nitrogens with zero attached hydrogens (tertiary/aromatic N) is 3. The van der Waals surface area contributed by atoms with Gasteiger partial charge in [-0.3, -0.25) is 4.79 Å². The first-order chi connectivity index (χ1) is 11.8. The maximum Gasteiger partial charge on any atom is 0.318 e. The van der Waals surface area contributed by atoms with Gasteiger partial charge in [-0.1, -0.05) is 20.8 Å². The van der Waals surface area contributed by atoms with Crippen LogP contribution in [0.1, 0.15) is 36.8 Å². The average Bonchev–Trinajstić information content (AvgIpc) is 2.54. The van der Waals surface area contributed by atoms with Crippen molar-refractivity contribution in [2.24, 2.45) is 0 Å². The lowest BCUT2D eigenvalue weighted by molar-refractivity contribution is 0.0980. The molecular formula is C18H22N4O2S. The molecule has 0 radical (unpaired) electrons. The Kier molecular flexibility index (Phi) is 4.60. The second-order valence-electron chi connectivity index (χ2n) is 6.83. The Balaban J connectivity index is 1.87. The van der Waals surface area contributed by atoms with E-state index in [4.69, 9.17) is 10.5 Å². The molecule has 1 aromatic heterocycles. The highest BCUT2D eigenvalue weighted by atomic mass is 32.2. The molecule has 0 atom stereocenters. The van der Waals surface area contributed by atoms with Crippen LogP contribution in [0, 0.1) is 0 Å². The topological polar surface area (TPSA) is 81.3 Å². The van der Waals surface area contributed by atoms with Gasteiger partial charge in [-0.15, -0.1) is 11.8 Å². The van der Waals surface area contributed by atoms with E-state index in [1.165, 1.54) is 12.0 Å². The van der Waals surface area contributed by atoms with Gasteiger partial charge in [0.1, 0.15) is 11.4 Å². The molecule has 1 aliphatic heterocycles. The Morgan fingerprint density at radius 1 is 1.20 bits per heavy atom. The van der Waals surface area contributed by atoms with E-state index in [1.54, 1.807) is 16.7 Å². The van der Waals surface area contributed by atoms with E-state index in [-0.39, 0.29) is 22.5 Å². The third-order valence-corrected chi connectivity index (χ3v) is 4.90. The molecular weight excluding hydrogens is 336 g/mol. The van der Waals surface area contributed by atoms with Crippen molar-refractivity contribution in [3.63, 3.8) is 0 Å². The molecule has 2 heterocycles. The standard InChI is InChI=1S/C18H22N4O2S/c1-18(2,3)25-12-7-5-11(6-8-12)22-10-9-13-14(16(22)23)15(19)21-17(20-13)24-4/h5-8H,9-10H2,1-4H3,(H2,19,20,21). The summed E-state index contributed by atoms with van der Waals surface area (Å²) >= 11 is 1.79. The first-order valence-electron chi connectivity index (χ1n) is 8.10. The maximum absolute atomic E-state index is 12.9. The summed E-state index contributed by atoms with van der Waals surface area (Å²) in [5.41, 5.74) is 7.83. The van der Waals surface area contributed by atoms with E-state index in [0.717, 1.165) is 5.69 Å². The van der Waals surface area contributed by atoms with Crippen molar-refractivity contribution in [3.8, 4) is 6.01 Å². The Hall–Kier alpha value is -2.28. The van der Waals surface area contributed by atoms with Gasteiger partial charge in [0, 0.05) is 28.3 Å². The van der Waals surface area contributed by atoms with Crippen LogP contribution in [-0.2, 0) is 6.42 Å². The molecule has 0 bridgehead atoms. The van der Waals surface area contributed by atoms with Gasteiger partial charge in [0.25, 0.3) is 5.91 Å². The third kappa shape index (κ3) is 3.71. The normalized spacial score (nSPS) is 14.4. The van der Waals surface area contributed by atoms with Crippen molar-refractivity contribution in [3.05, 3.63) is 35.5 Å². The van der Waals surface area contributed by atoms with Crippen molar-refractivity contribution >= 4 is 29.2 Å². The molecule has 1 amide bonds. The van der Waals surface area contributed by atoms with Crippen molar-refractivity contribution in [2.45, 2.75) is 36.8 Å². The fourth-order valence-corrected chi connectivity index (χ4v) is 3.74. The van der Waals surface area contributed by atoms with Gasteiger partial charge in [0.15, 0.2) is 0 Å². The fourth-order valence-electron chi connectivity index (χ4n) is 2.76. The van der Waals surface area contributed by atoms with E-state index < -0.39 is 0 Å². The number of hydrogen-bond donors (Lipinski definition) is 1. The lowest BCUT2D eigenvalue weighted by atomic mass is 10.0. The van der Waals surface area contributed by atoms with Crippen molar-refractivity contribution in [1.29, 1.82) is 0 Å². The Labute approximate surface area is 151 Å². The maximum atomic E-state index is 12.9. The Morgan fingerprint density at radius 2 is 1.88 bits per heavy atom. The average molecular weight is 358 g/mol. The third-order valence-electron chi connectivity index (χ3n) is 3.78. The van der Waals surface area contributed by atoms with Crippen molar-refractivity contribution < 1.29 is 9.53 Å². The number of carbonyl (C=O) groups is 1. The van der Waals surface area contributed by atoms with Crippen LogP contribution in [0.15, 0.2) is 29.2 Å². The lowest BCUT2D eigenvalue weighted by Gasteiger charge is -2.29. The highest BCUT2D eigenvalue weighted by Crippen LogP contribution is 2.34. The van der Waals surface area contributed by atoms with Gasteiger partial charge in [-0.25, -0.2) is 0 Å². The minimum atomic E-state index is -0.169. The molecule has 7 heteroatoms. The monoisotopic (exact) mass is 358 g/mol. The number of rotatable bonds is 3. The van der Waals surface area contributed by atoms with Crippen molar-refractivity contribution in [2.75, 3.05) is 24.3 Å². The van der Waals surface area contributed by atoms with E-state index >= 15 is 0 Å². The summed E-state index contributed by atoms with van der Waals surface area (Å²) in [6.07, 6.45) is 0.614. The Bertz CT molecular complexity index is 800. The number of methoxy groups -OCH3 is 1. The zero-order chi connectivity index (χ0) is 18.2. The number of anilines is 2. The molecule has 6 nitrogen and oxygen atoms in total. The van der Waals surface area contributed by atoms with Gasteiger partial charge < -0.3 is 15.4 Å². The number of nitrogens with two attached hydrogens (primary N) is 1.